The normalized spacial score (nSPS) is 12.7. The first-order valence-corrected chi connectivity index (χ1v) is 10.6. The van der Waals surface area contributed by atoms with E-state index < -0.39 is 5.41 Å². The molecule has 2 aromatic carbocycles. The lowest BCUT2D eigenvalue weighted by molar-refractivity contribution is -0.123. The lowest BCUT2D eigenvalue weighted by Gasteiger charge is -2.25. The highest BCUT2D eigenvalue weighted by Gasteiger charge is 2.28. The van der Waals surface area contributed by atoms with Crippen molar-refractivity contribution >= 4 is 17.3 Å². The van der Waals surface area contributed by atoms with Crippen LogP contribution in [0.3, 0.4) is 0 Å². The number of carbonyl (C=O) groups excluding carboxylic acids is 1. The van der Waals surface area contributed by atoms with Crippen LogP contribution >= 0.6 is 0 Å². The third kappa shape index (κ3) is 7.41. The maximum absolute atomic E-state index is 12.9. The zero-order chi connectivity index (χ0) is 21.3. The number of allylic oxidation sites excluding steroid dienone is 1. The van der Waals surface area contributed by atoms with Gasteiger partial charge in [0.2, 0.25) is 5.91 Å². The predicted molar refractivity (Wildman–Crippen MR) is 125 cm³/mol. The van der Waals surface area contributed by atoms with E-state index in [-0.39, 0.29) is 5.91 Å². The maximum atomic E-state index is 12.9. The molecule has 1 amide bonds. The van der Waals surface area contributed by atoms with Crippen molar-refractivity contribution in [3.8, 4) is 0 Å². The van der Waals surface area contributed by atoms with Crippen molar-refractivity contribution in [1.82, 2.24) is 0 Å². The zero-order valence-corrected chi connectivity index (χ0v) is 18.6. The monoisotopic (exact) mass is 392 g/mol. The molecular weight excluding hydrogens is 356 g/mol. The lowest BCUT2D eigenvalue weighted by Crippen LogP contribution is -2.32. The van der Waals surface area contributed by atoms with Crippen LogP contribution in [0.15, 0.2) is 66.7 Å². The van der Waals surface area contributed by atoms with Crippen molar-refractivity contribution < 1.29 is 4.79 Å². The third-order valence-corrected chi connectivity index (χ3v) is 5.13. The molecule has 2 rings (SSSR count). The summed E-state index contributed by atoms with van der Waals surface area (Å²) in [5.74, 6) is 0.520. The highest BCUT2D eigenvalue weighted by Crippen LogP contribution is 2.26. The summed E-state index contributed by atoms with van der Waals surface area (Å²) in [6, 6.07) is 18.3. The van der Waals surface area contributed by atoms with E-state index in [1.807, 2.05) is 44.2 Å². The van der Waals surface area contributed by atoms with Gasteiger partial charge in [-0.3, -0.25) is 4.79 Å². The number of benzene rings is 2. The molecule has 3 nitrogen and oxygen atoms in total. The Hall–Kier alpha value is -2.55. The standard InChI is InChI=1S/C26H36N2O/c1-6-7-9-13-21(2)20-28(5)24-17-12-16-23(18-24)27-25(29)26(3,4)19-22-14-10-8-11-15-22/h8-18,21H,6-7,19-20H2,1-5H3,(H,27,29). The summed E-state index contributed by atoms with van der Waals surface area (Å²) in [5.41, 5.74) is 2.64. The molecule has 2 aromatic rings. The molecule has 156 valence electrons. The Morgan fingerprint density at radius 2 is 1.86 bits per heavy atom. The maximum Gasteiger partial charge on any atom is 0.230 e. The second-order valence-electron chi connectivity index (χ2n) is 8.63. The van der Waals surface area contributed by atoms with Crippen LogP contribution in [0.5, 0.6) is 0 Å². The summed E-state index contributed by atoms with van der Waals surface area (Å²) in [6.07, 6.45) is 7.58. The number of rotatable bonds is 10. The topological polar surface area (TPSA) is 32.3 Å². The Balaban J connectivity index is 2.00. The van der Waals surface area contributed by atoms with Crippen LogP contribution in [-0.4, -0.2) is 19.5 Å². The van der Waals surface area contributed by atoms with Gasteiger partial charge in [-0.2, -0.15) is 0 Å². The van der Waals surface area contributed by atoms with Gasteiger partial charge in [-0.1, -0.05) is 82.7 Å². The predicted octanol–water partition coefficient (Wildman–Crippen LogP) is 6.32. The first-order valence-electron chi connectivity index (χ1n) is 10.6. The van der Waals surface area contributed by atoms with Gasteiger partial charge in [-0.25, -0.2) is 0 Å². The van der Waals surface area contributed by atoms with E-state index in [1.165, 1.54) is 12.0 Å². The SMILES string of the molecule is CCCC=CC(C)CN(C)c1cccc(NC(=O)C(C)(C)Cc2ccccc2)c1. The van der Waals surface area contributed by atoms with Gasteiger partial charge in [0.05, 0.1) is 0 Å². The van der Waals surface area contributed by atoms with E-state index in [0.29, 0.717) is 12.3 Å². The number of nitrogens with one attached hydrogen (secondary N) is 1. The number of anilines is 2. The summed E-state index contributed by atoms with van der Waals surface area (Å²) < 4.78 is 0. The van der Waals surface area contributed by atoms with Crippen LogP contribution in [0.1, 0.15) is 46.1 Å². The molecule has 0 aromatic heterocycles. The van der Waals surface area contributed by atoms with Gasteiger partial charge in [-0.05, 0) is 42.5 Å². The summed E-state index contributed by atoms with van der Waals surface area (Å²) in [5, 5.41) is 3.11. The van der Waals surface area contributed by atoms with Gasteiger partial charge < -0.3 is 10.2 Å². The van der Waals surface area contributed by atoms with E-state index in [4.69, 9.17) is 0 Å². The number of hydrogen-bond acceptors (Lipinski definition) is 2. The highest BCUT2D eigenvalue weighted by molar-refractivity contribution is 5.95. The third-order valence-electron chi connectivity index (χ3n) is 5.13. The van der Waals surface area contributed by atoms with E-state index in [9.17, 15) is 4.79 Å². The fourth-order valence-electron chi connectivity index (χ4n) is 3.40. The minimum atomic E-state index is -0.484. The molecule has 0 radical (unpaired) electrons. The second kappa shape index (κ2) is 10.8. The largest absolute Gasteiger partial charge is 0.374 e. The molecule has 3 heteroatoms. The molecule has 0 spiro atoms. The second-order valence-corrected chi connectivity index (χ2v) is 8.63. The molecule has 0 saturated heterocycles. The Morgan fingerprint density at radius 3 is 2.55 bits per heavy atom. The van der Waals surface area contributed by atoms with Crippen molar-refractivity contribution in [3.63, 3.8) is 0 Å². The first-order chi connectivity index (χ1) is 13.8. The summed E-state index contributed by atoms with van der Waals surface area (Å²) in [6.45, 7) is 9.37. The number of amides is 1. The molecule has 1 N–H and O–H groups in total. The molecule has 0 saturated carbocycles. The molecule has 0 aliphatic rings. The van der Waals surface area contributed by atoms with Gasteiger partial charge in [0.25, 0.3) is 0 Å². The molecule has 1 atom stereocenters. The molecule has 0 bridgehead atoms. The Kier molecular flexibility index (Phi) is 8.50. The molecule has 0 fully saturated rings. The van der Waals surface area contributed by atoms with Crippen LogP contribution in [-0.2, 0) is 11.2 Å². The Morgan fingerprint density at radius 1 is 1.14 bits per heavy atom. The van der Waals surface area contributed by atoms with E-state index in [2.05, 4.69) is 67.5 Å². The minimum Gasteiger partial charge on any atom is -0.374 e. The summed E-state index contributed by atoms with van der Waals surface area (Å²) in [4.78, 5) is 15.2. The van der Waals surface area contributed by atoms with E-state index >= 15 is 0 Å². The lowest BCUT2D eigenvalue weighted by atomic mass is 9.84. The zero-order valence-electron chi connectivity index (χ0n) is 18.6. The van der Waals surface area contributed by atoms with Crippen molar-refractivity contribution in [2.75, 3.05) is 23.8 Å². The van der Waals surface area contributed by atoms with Gasteiger partial charge in [0.1, 0.15) is 0 Å². The summed E-state index contributed by atoms with van der Waals surface area (Å²) >= 11 is 0. The number of nitrogens with zero attached hydrogens (tertiary/aromatic N) is 1. The molecule has 0 aliphatic carbocycles. The first kappa shape index (κ1) is 22.7. The summed E-state index contributed by atoms with van der Waals surface area (Å²) in [7, 11) is 2.10. The van der Waals surface area contributed by atoms with Crippen molar-refractivity contribution in [1.29, 1.82) is 0 Å². The van der Waals surface area contributed by atoms with Gasteiger partial charge in [-0.15, -0.1) is 0 Å². The molecule has 1 unspecified atom stereocenters. The minimum absolute atomic E-state index is 0.0389. The number of carbonyl (C=O) groups is 1. The van der Waals surface area contributed by atoms with Crippen molar-refractivity contribution in [2.24, 2.45) is 11.3 Å². The van der Waals surface area contributed by atoms with Crippen molar-refractivity contribution in [2.45, 2.75) is 47.0 Å². The Labute approximate surface area is 176 Å². The molecular formula is C26H36N2O. The average Bonchev–Trinajstić information content (AvgIpc) is 2.68. The van der Waals surface area contributed by atoms with Crippen LogP contribution in [0, 0.1) is 11.3 Å². The fourth-order valence-corrected chi connectivity index (χ4v) is 3.40. The number of hydrogen-bond donors (Lipinski definition) is 1. The van der Waals surface area contributed by atoms with Gasteiger partial charge in [0, 0.05) is 30.4 Å². The average molecular weight is 393 g/mol. The quantitative estimate of drug-likeness (QED) is 0.480. The van der Waals surface area contributed by atoms with Crippen LogP contribution in [0.4, 0.5) is 11.4 Å². The smallest absolute Gasteiger partial charge is 0.230 e. The van der Waals surface area contributed by atoms with E-state index in [1.54, 1.807) is 0 Å². The molecule has 0 heterocycles. The fraction of sp³-hybridized carbons (Fsp3) is 0.423. The van der Waals surface area contributed by atoms with E-state index in [0.717, 1.165) is 24.3 Å². The molecule has 29 heavy (non-hydrogen) atoms. The van der Waals surface area contributed by atoms with Crippen LogP contribution < -0.4 is 10.2 Å². The highest BCUT2D eigenvalue weighted by atomic mass is 16.2. The van der Waals surface area contributed by atoms with Gasteiger partial charge >= 0.3 is 0 Å². The number of unbranched alkanes of at least 4 members (excludes halogenated alkanes) is 1. The molecule has 0 aliphatic heterocycles. The van der Waals surface area contributed by atoms with Crippen molar-refractivity contribution in [3.05, 3.63) is 72.3 Å². The Bertz CT molecular complexity index is 795. The van der Waals surface area contributed by atoms with Crippen LogP contribution in [0.2, 0.25) is 0 Å². The van der Waals surface area contributed by atoms with Gasteiger partial charge in [0.15, 0.2) is 0 Å². The van der Waals surface area contributed by atoms with Crippen LogP contribution in [0.25, 0.3) is 0 Å².